The van der Waals surface area contributed by atoms with Gasteiger partial charge in [-0.2, -0.15) is 13.2 Å². The van der Waals surface area contributed by atoms with Gasteiger partial charge in [-0.15, -0.1) is 0 Å². The molecule has 0 aliphatic carbocycles. The topological polar surface area (TPSA) is 69.6 Å². The number of piperidine rings is 1. The number of aliphatic carboxylic acids is 1. The number of rotatable bonds is 6. The van der Waals surface area contributed by atoms with E-state index >= 15 is 0 Å². The quantitative estimate of drug-likeness (QED) is 0.777. The molecule has 0 radical (unpaired) electrons. The lowest BCUT2D eigenvalue weighted by atomic mass is 10.0. The summed E-state index contributed by atoms with van der Waals surface area (Å²) in [6, 6.07) is 0.130. The predicted octanol–water partition coefficient (Wildman–Crippen LogP) is 1.38. The molecular weight excluding hydrogens is 277 g/mol. The minimum Gasteiger partial charge on any atom is -0.480 e. The van der Waals surface area contributed by atoms with Crippen LogP contribution in [0.15, 0.2) is 0 Å². The largest absolute Gasteiger partial charge is 0.480 e. The minimum atomic E-state index is -4.59. The van der Waals surface area contributed by atoms with Crippen molar-refractivity contribution in [3.63, 3.8) is 0 Å². The molecule has 0 aromatic heterocycles. The fourth-order valence-corrected chi connectivity index (χ4v) is 2.24. The van der Waals surface area contributed by atoms with E-state index in [0.29, 0.717) is 11.3 Å². The molecule has 2 N–H and O–H groups in total. The van der Waals surface area contributed by atoms with Crippen LogP contribution in [0.4, 0.5) is 13.2 Å². The van der Waals surface area contributed by atoms with Crippen molar-refractivity contribution in [1.82, 2.24) is 10.2 Å². The normalized spacial score (nSPS) is 19.6. The van der Waals surface area contributed by atoms with Crippen LogP contribution < -0.4 is 5.32 Å². The molecule has 0 aromatic rings. The Bertz CT molecular complexity index is 341. The van der Waals surface area contributed by atoms with Gasteiger partial charge in [0.1, 0.15) is 13.1 Å². The van der Waals surface area contributed by atoms with Gasteiger partial charge >= 0.3 is 12.1 Å². The summed E-state index contributed by atoms with van der Waals surface area (Å²) in [7, 11) is 0. The molecule has 1 saturated heterocycles. The van der Waals surface area contributed by atoms with Gasteiger partial charge in [-0.05, 0) is 25.8 Å². The molecule has 1 unspecified atom stereocenters. The van der Waals surface area contributed by atoms with Gasteiger partial charge in [-0.1, -0.05) is 6.42 Å². The highest BCUT2D eigenvalue weighted by atomic mass is 19.4. The first-order valence-electron chi connectivity index (χ1n) is 6.57. The summed E-state index contributed by atoms with van der Waals surface area (Å²) in [4.78, 5) is 22.6. The number of nitrogens with zero attached hydrogens (tertiary/aromatic N) is 1. The highest BCUT2D eigenvalue weighted by Crippen LogP contribution is 2.18. The Balaban J connectivity index is 2.47. The standard InChI is InChI=1S/C12H19F3N2O3/c13-12(14,15)8-17(7-11(19)20)10(18)5-4-9-3-1-2-6-16-9/h9,16H,1-8H2,(H,19,20). The second-order valence-corrected chi connectivity index (χ2v) is 4.94. The van der Waals surface area contributed by atoms with E-state index in [0.717, 1.165) is 25.8 Å². The van der Waals surface area contributed by atoms with E-state index in [1.54, 1.807) is 0 Å². The van der Waals surface area contributed by atoms with Crippen molar-refractivity contribution in [2.24, 2.45) is 0 Å². The summed E-state index contributed by atoms with van der Waals surface area (Å²) < 4.78 is 36.9. The van der Waals surface area contributed by atoms with E-state index in [4.69, 9.17) is 5.11 Å². The zero-order valence-electron chi connectivity index (χ0n) is 11.1. The molecule has 0 aromatic carbocycles. The van der Waals surface area contributed by atoms with Crippen LogP contribution in [0.2, 0.25) is 0 Å². The fourth-order valence-electron chi connectivity index (χ4n) is 2.24. The van der Waals surface area contributed by atoms with Crippen molar-refractivity contribution in [3.05, 3.63) is 0 Å². The molecule has 1 fully saturated rings. The maximum absolute atomic E-state index is 12.3. The van der Waals surface area contributed by atoms with Crippen LogP contribution in [0.1, 0.15) is 32.1 Å². The first-order chi connectivity index (χ1) is 9.28. The molecular formula is C12H19F3N2O3. The van der Waals surface area contributed by atoms with Crippen LogP contribution in [0.25, 0.3) is 0 Å². The molecule has 8 heteroatoms. The first kappa shape index (κ1) is 16.7. The highest BCUT2D eigenvalue weighted by Gasteiger charge is 2.33. The van der Waals surface area contributed by atoms with E-state index < -0.39 is 31.1 Å². The average Bonchev–Trinajstić information content (AvgIpc) is 2.34. The Morgan fingerprint density at radius 1 is 1.30 bits per heavy atom. The summed E-state index contributed by atoms with van der Waals surface area (Å²) in [5.74, 6) is -2.21. The lowest BCUT2D eigenvalue weighted by molar-refractivity contribution is -0.165. The SMILES string of the molecule is O=C(O)CN(CC(F)(F)F)C(=O)CCC1CCCCN1. The molecule has 116 valence electrons. The maximum atomic E-state index is 12.3. The molecule has 1 rings (SSSR count). The Hall–Kier alpha value is -1.31. The number of nitrogens with one attached hydrogen (secondary N) is 1. The Morgan fingerprint density at radius 3 is 2.50 bits per heavy atom. The number of carboxylic acid groups (broad SMARTS) is 1. The third-order valence-corrected chi connectivity index (χ3v) is 3.17. The molecule has 0 spiro atoms. The third-order valence-electron chi connectivity index (χ3n) is 3.17. The number of hydrogen-bond donors (Lipinski definition) is 2. The van der Waals surface area contributed by atoms with Gasteiger partial charge < -0.3 is 15.3 Å². The zero-order valence-corrected chi connectivity index (χ0v) is 11.1. The molecule has 5 nitrogen and oxygen atoms in total. The second kappa shape index (κ2) is 7.47. The number of carbonyl (C=O) groups excluding carboxylic acids is 1. The van der Waals surface area contributed by atoms with Crippen LogP contribution in [0.3, 0.4) is 0 Å². The van der Waals surface area contributed by atoms with Gasteiger partial charge in [-0.25, -0.2) is 0 Å². The zero-order chi connectivity index (χ0) is 15.2. The van der Waals surface area contributed by atoms with E-state index in [1.807, 2.05) is 0 Å². The molecule has 0 saturated carbocycles. The molecule has 1 amide bonds. The summed E-state index contributed by atoms with van der Waals surface area (Å²) in [5.41, 5.74) is 0. The summed E-state index contributed by atoms with van der Waals surface area (Å²) in [5, 5.41) is 11.8. The number of alkyl halides is 3. The number of carbonyl (C=O) groups is 2. The lowest BCUT2D eigenvalue weighted by Gasteiger charge is -2.25. The van der Waals surface area contributed by atoms with E-state index in [2.05, 4.69) is 5.32 Å². The molecule has 1 aliphatic rings. The van der Waals surface area contributed by atoms with Gasteiger partial charge in [0.25, 0.3) is 0 Å². The van der Waals surface area contributed by atoms with Crippen molar-refractivity contribution in [3.8, 4) is 0 Å². The summed E-state index contributed by atoms with van der Waals surface area (Å²) in [6.45, 7) is -1.59. The summed E-state index contributed by atoms with van der Waals surface area (Å²) >= 11 is 0. The van der Waals surface area contributed by atoms with Crippen LogP contribution in [-0.4, -0.2) is 53.7 Å². The number of carboxylic acids is 1. The molecule has 1 aliphatic heterocycles. The van der Waals surface area contributed by atoms with Crippen LogP contribution >= 0.6 is 0 Å². The number of amides is 1. The first-order valence-corrected chi connectivity index (χ1v) is 6.57. The number of hydrogen-bond acceptors (Lipinski definition) is 3. The van der Waals surface area contributed by atoms with Crippen molar-refractivity contribution < 1.29 is 27.9 Å². The minimum absolute atomic E-state index is 0.0684. The van der Waals surface area contributed by atoms with Crippen LogP contribution in [0, 0.1) is 0 Å². The fraction of sp³-hybridized carbons (Fsp3) is 0.833. The van der Waals surface area contributed by atoms with Crippen LogP contribution in [-0.2, 0) is 9.59 Å². The Kier molecular flexibility index (Phi) is 6.25. The highest BCUT2D eigenvalue weighted by molar-refractivity contribution is 5.81. The van der Waals surface area contributed by atoms with Gasteiger partial charge in [0.2, 0.25) is 5.91 Å². The number of halogens is 3. The van der Waals surface area contributed by atoms with Gasteiger partial charge in [0.15, 0.2) is 0 Å². The molecule has 1 atom stereocenters. The van der Waals surface area contributed by atoms with Crippen molar-refractivity contribution in [2.75, 3.05) is 19.6 Å². The van der Waals surface area contributed by atoms with Crippen molar-refractivity contribution in [1.29, 1.82) is 0 Å². The van der Waals surface area contributed by atoms with Crippen molar-refractivity contribution in [2.45, 2.75) is 44.3 Å². The predicted molar refractivity (Wildman–Crippen MR) is 65.1 cm³/mol. The molecule has 20 heavy (non-hydrogen) atoms. The van der Waals surface area contributed by atoms with E-state index in [1.165, 1.54) is 0 Å². The summed E-state index contributed by atoms with van der Waals surface area (Å²) in [6.07, 6.45) is -1.23. The maximum Gasteiger partial charge on any atom is 0.406 e. The Labute approximate surface area is 115 Å². The van der Waals surface area contributed by atoms with Gasteiger partial charge in [0, 0.05) is 12.5 Å². The monoisotopic (exact) mass is 296 g/mol. The second-order valence-electron chi connectivity index (χ2n) is 4.94. The van der Waals surface area contributed by atoms with Crippen LogP contribution in [0.5, 0.6) is 0 Å². The lowest BCUT2D eigenvalue weighted by Crippen LogP contribution is -2.43. The van der Waals surface area contributed by atoms with Gasteiger partial charge in [-0.3, -0.25) is 9.59 Å². The average molecular weight is 296 g/mol. The smallest absolute Gasteiger partial charge is 0.406 e. The molecule has 1 heterocycles. The van der Waals surface area contributed by atoms with Crippen molar-refractivity contribution >= 4 is 11.9 Å². The third kappa shape index (κ3) is 6.74. The van der Waals surface area contributed by atoms with E-state index in [9.17, 15) is 22.8 Å². The molecule has 0 bridgehead atoms. The van der Waals surface area contributed by atoms with E-state index in [-0.39, 0.29) is 12.5 Å². The Morgan fingerprint density at radius 2 is 2.00 bits per heavy atom. The van der Waals surface area contributed by atoms with Gasteiger partial charge in [0.05, 0.1) is 0 Å².